The molecule has 21 heavy (non-hydrogen) atoms. The van der Waals surface area contributed by atoms with Gasteiger partial charge in [-0.1, -0.05) is 18.1 Å². The van der Waals surface area contributed by atoms with E-state index in [1.54, 1.807) is 0 Å². The van der Waals surface area contributed by atoms with E-state index in [1.165, 1.54) is 11.3 Å². The van der Waals surface area contributed by atoms with E-state index in [4.69, 9.17) is 15.8 Å². The standard InChI is InChI=1S/C18H20N2O/c1-5-18(3,4)17-20-16(12(2)21-17)14-8-6-10-15-13(14)9-7-11-19-15/h1,6,8,10,19H,7,9,11H2,2-4H3. The highest BCUT2D eigenvalue weighted by Crippen LogP contribution is 2.35. The first-order valence-corrected chi connectivity index (χ1v) is 7.35. The molecule has 1 N–H and O–H groups in total. The number of anilines is 1. The third-order valence-electron chi connectivity index (χ3n) is 4.04. The maximum absolute atomic E-state index is 5.84. The number of aryl methyl sites for hydroxylation is 1. The van der Waals surface area contributed by atoms with Crippen LogP contribution in [-0.2, 0) is 11.8 Å². The van der Waals surface area contributed by atoms with Crippen molar-refractivity contribution in [2.45, 2.75) is 39.0 Å². The Morgan fingerprint density at radius 3 is 2.95 bits per heavy atom. The van der Waals surface area contributed by atoms with Gasteiger partial charge in [-0.05, 0) is 45.2 Å². The third kappa shape index (κ3) is 2.31. The molecule has 3 rings (SSSR count). The number of hydrogen-bond acceptors (Lipinski definition) is 3. The SMILES string of the molecule is C#CC(C)(C)c1nc(-c2cccc3c2CCCN3)c(C)o1. The highest BCUT2D eigenvalue weighted by Gasteiger charge is 2.27. The van der Waals surface area contributed by atoms with E-state index in [2.05, 4.69) is 29.4 Å². The van der Waals surface area contributed by atoms with Crippen LogP contribution < -0.4 is 5.32 Å². The van der Waals surface area contributed by atoms with E-state index in [-0.39, 0.29) is 0 Å². The van der Waals surface area contributed by atoms with Gasteiger partial charge in [0.05, 0.1) is 0 Å². The van der Waals surface area contributed by atoms with Gasteiger partial charge in [-0.25, -0.2) is 4.98 Å². The van der Waals surface area contributed by atoms with Crippen LogP contribution in [0.4, 0.5) is 5.69 Å². The van der Waals surface area contributed by atoms with E-state index in [1.807, 2.05) is 20.8 Å². The molecule has 0 spiro atoms. The quantitative estimate of drug-likeness (QED) is 0.847. The van der Waals surface area contributed by atoms with Crippen LogP contribution in [0, 0.1) is 19.3 Å². The molecule has 0 amide bonds. The van der Waals surface area contributed by atoms with Gasteiger partial charge in [0.1, 0.15) is 16.9 Å². The first-order valence-electron chi connectivity index (χ1n) is 7.35. The van der Waals surface area contributed by atoms with Crippen molar-refractivity contribution in [1.82, 2.24) is 4.98 Å². The number of fused-ring (bicyclic) bond motifs is 1. The van der Waals surface area contributed by atoms with Gasteiger partial charge in [-0.3, -0.25) is 0 Å². The average molecular weight is 280 g/mol. The summed E-state index contributed by atoms with van der Waals surface area (Å²) in [6.07, 6.45) is 7.80. The van der Waals surface area contributed by atoms with Crippen LogP contribution in [0.2, 0.25) is 0 Å². The lowest BCUT2D eigenvalue weighted by atomic mass is 9.94. The molecule has 0 radical (unpaired) electrons. The van der Waals surface area contributed by atoms with Crippen LogP contribution in [0.5, 0.6) is 0 Å². The van der Waals surface area contributed by atoms with Gasteiger partial charge < -0.3 is 9.73 Å². The first kappa shape index (κ1) is 13.8. The summed E-state index contributed by atoms with van der Waals surface area (Å²) < 4.78 is 5.84. The number of nitrogens with zero attached hydrogens (tertiary/aromatic N) is 1. The number of nitrogens with one attached hydrogen (secondary N) is 1. The van der Waals surface area contributed by atoms with E-state index in [0.717, 1.165) is 36.4 Å². The molecule has 0 saturated carbocycles. The minimum Gasteiger partial charge on any atom is -0.444 e. The molecule has 1 aromatic carbocycles. The summed E-state index contributed by atoms with van der Waals surface area (Å²) >= 11 is 0. The van der Waals surface area contributed by atoms with Crippen LogP contribution in [-0.4, -0.2) is 11.5 Å². The van der Waals surface area contributed by atoms with Crippen LogP contribution in [0.25, 0.3) is 11.3 Å². The second-order valence-corrected chi connectivity index (χ2v) is 6.06. The molecule has 0 bridgehead atoms. The molecule has 2 aromatic rings. The molecule has 2 heterocycles. The third-order valence-corrected chi connectivity index (χ3v) is 4.04. The van der Waals surface area contributed by atoms with Crippen molar-refractivity contribution in [1.29, 1.82) is 0 Å². The summed E-state index contributed by atoms with van der Waals surface area (Å²) in [5.41, 5.74) is 4.11. The van der Waals surface area contributed by atoms with E-state index < -0.39 is 5.41 Å². The lowest BCUT2D eigenvalue weighted by molar-refractivity contribution is 0.413. The maximum atomic E-state index is 5.84. The largest absolute Gasteiger partial charge is 0.444 e. The Morgan fingerprint density at radius 1 is 1.38 bits per heavy atom. The number of oxazole rings is 1. The molecule has 3 nitrogen and oxygen atoms in total. The summed E-state index contributed by atoms with van der Waals surface area (Å²) in [5.74, 6) is 4.18. The number of rotatable bonds is 2. The topological polar surface area (TPSA) is 38.1 Å². The van der Waals surface area contributed by atoms with Crippen LogP contribution in [0.3, 0.4) is 0 Å². The van der Waals surface area contributed by atoms with Gasteiger partial charge in [0.25, 0.3) is 0 Å². The van der Waals surface area contributed by atoms with E-state index in [9.17, 15) is 0 Å². The minimum atomic E-state index is -0.490. The minimum absolute atomic E-state index is 0.490. The van der Waals surface area contributed by atoms with Gasteiger partial charge in [-0.2, -0.15) is 0 Å². The molecule has 3 heteroatoms. The lowest BCUT2D eigenvalue weighted by Crippen LogP contribution is -2.14. The van der Waals surface area contributed by atoms with E-state index >= 15 is 0 Å². The zero-order valence-corrected chi connectivity index (χ0v) is 12.8. The van der Waals surface area contributed by atoms with Crippen LogP contribution in [0.15, 0.2) is 22.6 Å². The molecule has 0 fully saturated rings. The molecular weight excluding hydrogens is 260 g/mol. The Balaban J connectivity index is 2.12. The van der Waals surface area contributed by atoms with Crippen molar-refractivity contribution < 1.29 is 4.42 Å². The predicted octanol–water partition coefficient (Wildman–Crippen LogP) is 3.92. The first-order chi connectivity index (χ1) is 10.0. The number of aromatic nitrogens is 1. The summed E-state index contributed by atoms with van der Waals surface area (Å²) in [7, 11) is 0. The fraction of sp³-hybridized carbons (Fsp3) is 0.389. The lowest BCUT2D eigenvalue weighted by Gasteiger charge is -2.20. The second kappa shape index (κ2) is 4.96. The van der Waals surface area contributed by atoms with Crippen LogP contribution in [0.1, 0.15) is 37.5 Å². The maximum Gasteiger partial charge on any atom is 0.212 e. The van der Waals surface area contributed by atoms with Crippen molar-refractivity contribution in [3.05, 3.63) is 35.4 Å². The highest BCUT2D eigenvalue weighted by atomic mass is 16.4. The Labute approximate surface area is 125 Å². The predicted molar refractivity (Wildman–Crippen MR) is 85.3 cm³/mol. The number of terminal acetylenes is 1. The van der Waals surface area contributed by atoms with Gasteiger partial charge in [-0.15, -0.1) is 6.42 Å². The van der Waals surface area contributed by atoms with Crippen LogP contribution >= 0.6 is 0 Å². The highest BCUT2D eigenvalue weighted by molar-refractivity contribution is 5.73. The van der Waals surface area contributed by atoms with Gasteiger partial charge >= 0.3 is 0 Å². The molecule has 1 aliphatic rings. The Morgan fingerprint density at radius 2 is 2.19 bits per heavy atom. The smallest absolute Gasteiger partial charge is 0.212 e. The molecule has 0 saturated heterocycles. The molecule has 1 aromatic heterocycles. The Hall–Kier alpha value is -2.21. The molecule has 108 valence electrons. The van der Waals surface area contributed by atoms with E-state index in [0.29, 0.717) is 5.89 Å². The zero-order chi connectivity index (χ0) is 15.0. The van der Waals surface area contributed by atoms with Crippen molar-refractivity contribution in [2.75, 3.05) is 11.9 Å². The fourth-order valence-electron chi connectivity index (χ4n) is 2.71. The Kier molecular flexibility index (Phi) is 3.25. The summed E-state index contributed by atoms with van der Waals surface area (Å²) in [6.45, 7) is 6.88. The van der Waals surface area contributed by atoms with Crippen molar-refractivity contribution >= 4 is 5.69 Å². The summed E-state index contributed by atoms with van der Waals surface area (Å²) in [5, 5.41) is 3.45. The molecule has 0 unspecified atom stereocenters. The Bertz CT molecular complexity index is 719. The fourth-order valence-corrected chi connectivity index (χ4v) is 2.71. The summed E-state index contributed by atoms with van der Waals surface area (Å²) in [4.78, 5) is 4.69. The molecular formula is C18H20N2O. The van der Waals surface area contributed by atoms with Gasteiger partial charge in [0, 0.05) is 17.8 Å². The average Bonchev–Trinajstić information content (AvgIpc) is 2.89. The zero-order valence-electron chi connectivity index (χ0n) is 12.8. The summed E-state index contributed by atoms with van der Waals surface area (Å²) in [6, 6.07) is 6.30. The number of benzene rings is 1. The van der Waals surface area contributed by atoms with Crippen molar-refractivity contribution in [3.63, 3.8) is 0 Å². The number of hydrogen-bond donors (Lipinski definition) is 1. The normalized spacial score (nSPS) is 14.2. The van der Waals surface area contributed by atoms with Crippen molar-refractivity contribution in [2.24, 2.45) is 0 Å². The molecule has 1 aliphatic heterocycles. The van der Waals surface area contributed by atoms with Gasteiger partial charge in [0.15, 0.2) is 0 Å². The molecule has 0 aliphatic carbocycles. The monoisotopic (exact) mass is 280 g/mol. The van der Waals surface area contributed by atoms with Gasteiger partial charge in [0.2, 0.25) is 5.89 Å². The second-order valence-electron chi connectivity index (χ2n) is 6.06. The van der Waals surface area contributed by atoms with Crippen molar-refractivity contribution in [3.8, 4) is 23.6 Å². The molecule has 0 atom stereocenters.